The van der Waals surface area contributed by atoms with Gasteiger partial charge in [-0.25, -0.2) is 0 Å². The Bertz CT molecular complexity index is 918. The number of amides is 2. The fourth-order valence-corrected chi connectivity index (χ4v) is 3.94. The Kier molecular flexibility index (Phi) is 7.30. The second kappa shape index (κ2) is 10.5. The van der Waals surface area contributed by atoms with Gasteiger partial charge in [0.1, 0.15) is 11.5 Å². The van der Waals surface area contributed by atoms with Crippen molar-refractivity contribution in [1.82, 2.24) is 10.2 Å². The molecule has 0 aromatic heterocycles. The molecule has 1 atom stereocenters. The van der Waals surface area contributed by atoms with Gasteiger partial charge < -0.3 is 19.7 Å². The number of likely N-dealkylation sites (tertiary alicyclic amines) is 1. The predicted octanol–water partition coefficient (Wildman–Crippen LogP) is 4.36. The van der Waals surface area contributed by atoms with Crippen molar-refractivity contribution in [2.24, 2.45) is 5.92 Å². The van der Waals surface area contributed by atoms with Gasteiger partial charge >= 0.3 is 0 Å². The van der Waals surface area contributed by atoms with E-state index < -0.39 is 0 Å². The first-order valence-electron chi connectivity index (χ1n) is 11.7. The van der Waals surface area contributed by atoms with Crippen LogP contribution in [0.1, 0.15) is 61.0 Å². The molecule has 1 unspecified atom stereocenters. The summed E-state index contributed by atoms with van der Waals surface area (Å²) in [6, 6.07) is 14.7. The third kappa shape index (κ3) is 5.81. The summed E-state index contributed by atoms with van der Waals surface area (Å²) >= 11 is 0. The van der Waals surface area contributed by atoms with Crippen LogP contribution in [0.15, 0.2) is 48.5 Å². The summed E-state index contributed by atoms with van der Waals surface area (Å²) in [6.45, 7) is 4.40. The van der Waals surface area contributed by atoms with Crippen LogP contribution < -0.4 is 14.8 Å². The van der Waals surface area contributed by atoms with Crippen LogP contribution in [0.5, 0.6) is 11.5 Å². The average molecular weight is 437 g/mol. The third-order valence-electron chi connectivity index (χ3n) is 6.12. The van der Waals surface area contributed by atoms with E-state index in [2.05, 4.69) is 5.32 Å². The molecule has 1 aliphatic carbocycles. The highest BCUT2D eigenvalue weighted by Gasteiger charge is 2.23. The maximum Gasteiger partial charge on any atom is 0.260 e. The molecule has 2 aliphatic rings. The second-order valence-corrected chi connectivity index (χ2v) is 8.63. The largest absolute Gasteiger partial charge is 0.493 e. The molecule has 2 amide bonds. The molecule has 2 aromatic rings. The van der Waals surface area contributed by atoms with Crippen molar-refractivity contribution in [3.8, 4) is 11.5 Å². The van der Waals surface area contributed by atoms with Gasteiger partial charge in [0.2, 0.25) is 0 Å². The summed E-state index contributed by atoms with van der Waals surface area (Å²) in [7, 11) is 0. The molecule has 6 nitrogen and oxygen atoms in total. The van der Waals surface area contributed by atoms with Crippen LogP contribution in [0.2, 0.25) is 0 Å². The van der Waals surface area contributed by atoms with Crippen molar-refractivity contribution in [2.45, 2.75) is 45.1 Å². The maximum absolute atomic E-state index is 12.9. The monoisotopic (exact) mass is 436 g/mol. The number of nitrogens with zero attached hydrogens (tertiary/aromatic N) is 1. The summed E-state index contributed by atoms with van der Waals surface area (Å²) < 4.78 is 11.6. The van der Waals surface area contributed by atoms with Gasteiger partial charge in [-0.1, -0.05) is 25.1 Å². The van der Waals surface area contributed by atoms with Crippen LogP contribution in [-0.2, 0) is 4.79 Å². The van der Waals surface area contributed by atoms with Gasteiger partial charge in [0.05, 0.1) is 12.6 Å². The first-order valence-corrected chi connectivity index (χ1v) is 11.7. The molecule has 1 saturated heterocycles. The Balaban J connectivity index is 1.37. The number of hydrogen-bond donors (Lipinski definition) is 1. The van der Waals surface area contributed by atoms with Crippen molar-refractivity contribution in [1.29, 1.82) is 0 Å². The Labute approximate surface area is 189 Å². The molecule has 6 heteroatoms. The van der Waals surface area contributed by atoms with E-state index in [0.29, 0.717) is 23.7 Å². The number of nitrogens with one attached hydrogen (secondary N) is 1. The predicted molar refractivity (Wildman–Crippen MR) is 123 cm³/mol. The third-order valence-corrected chi connectivity index (χ3v) is 6.12. The van der Waals surface area contributed by atoms with E-state index in [4.69, 9.17) is 9.47 Å². The Morgan fingerprint density at radius 3 is 2.44 bits per heavy atom. The standard InChI is InChI=1S/C26H32N2O4/c1-2-23(27-26(30)20-11-13-21(14-12-20)31-17-19-9-10-19)22-7-3-4-8-24(22)32-18-25(29)28-15-5-6-16-28/h3-4,7-8,11-14,19,23H,2,5-6,9-10,15-18H2,1H3,(H,27,30). The van der Waals surface area contributed by atoms with Crippen molar-refractivity contribution in [3.63, 3.8) is 0 Å². The van der Waals surface area contributed by atoms with Crippen molar-refractivity contribution in [3.05, 3.63) is 59.7 Å². The van der Waals surface area contributed by atoms with E-state index in [-0.39, 0.29) is 24.5 Å². The fourth-order valence-electron chi connectivity index (χ4n) is 3.94. The Hall–Kier alpha value is -3.02. The molecule has 2 aromatic carbocycles. The lowest BCUT2D eigenvalue weighted by Gasteiger charge is -2.22. The minimum absolute atomic E-state index is 0.0124. The van der Waals surface area contributed by atoms with Crippen LogP contribution in [0, 0.1) is 5.92 Å². The molecule has 1 heterocycles. The van der Waals surface area contributed by atoms with E-state index in [1.807, 2.05) is 48.2 Å². The number of carbonyl (C=O) groups excluding carboxylic acids is 2. The van der Waals surface area contributed by atoms with Gasteiger partial charge in [-0.15, -0.1) is 0 Å². The highest BCUT2D eigenvalue weighted by atomic mass is 16.5. The lowest BCUT2D eigenvalue weighted by molar-refractivity contribution is -0.132. The molecule has 0 spiro atoms. The van der Waals surface area contributed by atoms with Gasteiger partial charge in [0, 0.05) is 24.2 Å². The lowest BCUT2D eigenvalue weighted by atomic mass is 10.0. The van der Waals surface area contributed by atoms with Gasteiger partial charge in [-0.2, -0.15) is 0 Å². The van der Waals surface area contributed by atoms with Crippen LogP contribution in [0.4, 0.5) is 0 Å². The SMILES string of the molecule is CCC(NC(=O)c1ccc(OCC2CC2)cc1)c1ccccc1OCC(=O)N1CCCC1. The molecule has 1 saturated carbocycles. The first-order chi connectivity index (χ1) is 15.6. The zero-order valence-corrected chi connectivity index (χ0v) is 18.7. The molecule has 4 rings (SSSR count). The Morgan fingerprint density at radius 1 is 1.03 bits per heavy atom. The first kappa shape index (κ1) is 22.2. The molecule has 0 bridgehead atoms. The number of rotatable bonds is 10. The summed E-state index contributed by atoms with van der Waals surface area (Å²) in [4.78, 5) is 27.1. The summed E-state index contributed by atoms with van der Waals surface area (Å²) in [5.41, 5.74) is 1.46. The number of carbonyl (C=O) groups is 2. The molecule has 170 valence electrons. The van der Waals surface area contributed by atoms with Crippen LogP contribution >= 0.6 is 0 Å². The van der Waals surface area contributed by atoms with Gasteiger partial charge in [0.25, 0.3) is 11.8 Å². The van der Waals surface area contributed by atoms with Gasteiger partial charge in [-0.3, -0.25) is 9.59 Å². The fraction of sp³-hybridized carbons (Fsp3) is 0.462. The minimum Gasteiger partial charge on any atom is -0.493 e. The molecule has 1 N–H and O–H groups in total. The lowest BCUT2D eigenvalue weighted by Crippen LogP contribution is -2.32. The van der Waals surface area contributed by atoms with Gasteiger partial charge in [-0.05, 0) is 68.4 Å². The van der Waals surface area contributed by atoms with E-state index in [0.717, 1.165) is 43.9 Å². The summed E-state index contributed by atoms with van der Waals surface area (Å²) in [5.74, 6) is 1.99. The zero-order chi connectivity index (χ0) is 22.3. The van der Waals surface area contributed by atoms with Crippen molar-refractivity contribution >= 4 is 11.8 Å². The Morgan fingerprint density at radius 2 is 1.75 bits per heavy atom. The highest BCUT2D eigenvalue weighted by molar-refractivity contribution is 5.94. The smallest absolute Gasteiger partial charge is 0.260 e. The topological polar surface area (TPSA) is 67.9 Å². The quantitative estimate of drug-likeness (QED) is 0.601. The summed E-state index contributed by atoms with van der Waals surface area (Å²) in [6.07, 6.45) is 5.31. The molecular formula is C26H32N2O4. The molecular weight excluding hydrogens is 404 g/mol. The van der Waals surface area contributed by atoms with Crippen molar-refractivity contribution < 1.29 is 19.1 Å². The van der Waals surface area contributed by atoms with E-state index >= 15 is 0 Å². The minimum atomic E-state index is -0.216. The van der Waals surface area contributed by atoms with E-state index in [1.165, 1.54) is 12.8 Å². The maximum atomic E-state index is 12.9. The zero-order valence-electron chi connectivity index (χ0n) is 18.7. The van der Waals surface area contributed by atoms with Crippen LogP contribution in [-0.4, -0.2) is 43.0 Å². The van der Waals surface area contributed by atoms with Crippen molar-refractivity contribution in [2.75, 3.05) is 26.3 Å². The number of hydrogen-bond acceptors (Lipinski definition) is 4. The van der Waals surface area contributed by atoms with E-state index in [9.17, 15) is 9.59 Å². The van der Waals surface area contributed by atoms with Crippen LogP contribution in [0.3, 0.4) is 0 Å². The van der Waals surface area contributed by atoms with E-state index in [1.54, 1.807) is 12.1 Å². The molecule has 2 fully saturated rings. The van der Waals surface area contributed by atoms with Crippen LogP contribution in [0.25, 0.3) is 0 Å². The van der Waals surface area contributed by atoms with Gasteiger partial charge in [0.15, 0.2) is 6.61 Å². The molecule has 1 aliphatic heterocycles. The number of para-hydroxylation sites is 1. The normalized spacial score (nSPS) is 16.5. The summed E-state index contributed by atoms with van der Waals surface area (Å²) in [5, 5.41) is 3.11. The second-order valence-electron chi connectivity index (χ2n) is 8.63. The number of benzene rings is 2. The highest BCUT2D eigenvalue weighted by Crippen LogP contribution is 2.30. The number of ether oxygens (including phenoxy) is 2. The average Bonchev–Trinajstić information content (AvgIpc) is 3.50. The molecule has 0 radical (unpaired) electrons. The molecule has 32 heavy (non-hydrogen) atoms.